The minimum absolute atomic E-state index is 0.105. The van der Waals surface area contributed by atoms with Crippen LogP contribution in [0, 0.1) is 0 Å². The zero-order valence-electron chi connectivity index (χ0n) is 14.2. The highest BCUT2D eigenvalue weighted by atomic mass is 16.7. The highest BCUT2D eigenvalue weighted by Crippen LogP contribution is 2.34. The summed E-state index contributed by atoms with van der Waals surface area (Å²) >= 11 is 0. The molecule has 0 spiro atoms. The van der Waals surface area contributed by atoms with E-state index in [0.717, 1.165) is 11.1 Å². The van der Waals surface area contributed by atoms with Gasteiger partial charge in [0.2, 0.25) is 0 Å². The highest BCUT2D eigenvalue weighted by molar-refractivity contribution is 5.18. The second-order valence-electron chi connectivity index (χ2n) is 6.49. The van der Waals surface area contributed by atoms with E-state index in [2.05, 4.69) is 0 Å². The van der Waals surface area contributed by atoms with Crippen molar-refractivity contribution >= 4 is 0 Å². The first kappa shape index (κ1) is 17.6. The van der Waals surface area contributed by atoms with Gasteiger partial charge in [-0.25, -0.2) is 0 Å². The Morgan fingerprint density at radius 1 is 0.615 bits per heavy atom. The molecule has 2 aromatic rings. The monoisotopic (exact) mass is 358 g/mol. The molecule has 6 heteroatoms. The lowest BCUT2D eigenvalue weighted by atomic mass is 10.0. The Balaban J connectivity index is 1.51. The molecule has 26 heavy (non-hydrogen) atoms. The molecular weight excluding hydrogens is 336 g/mol. The molecule has 2 aromatic carbocycles. The molecule has 2 saturated heterocycles. The van der Waals surface area contributed by atoms with Crippen LogP contribution in [0.4, 0.5) is 0 Å². The fourth-order valence-electron chi connectivity index (χ4n) is 3.27. The fraction of sp³-hybridized carbons (Fsp3) is 0.400. The fourth-order valence-corrected chi connectivity index (χ4v) is 3.27. The third-order valence-corrected chi connectivity index (χ3v) is 4.62. The Labute approximate surface area is 151 Å². The van der Waals surface area contributed by atoms with Crippen molar-refractivity contribution in [3.63, 3.8) is 0 Å². The van der Waals surface area contributed by atoms with E-state index in [1.165, 1.54) is 0 Å². The van der Waals surface area contributed by atoms with Crippen LogP contribution in [0.3, 0.4) is 0 Å². The van der Waals surface area contributed by atoms with E-state index in [-0.39, 0.29) is 13.2 Å². The molecule has 2 heterocycles. The van der Waals surface area contributed by atoms with Gasteiger partial charge in [-0.3, -0.25) is 0 Å². The lowest BCUT2D eigenvalue weighted by molar-refractivity contribution is -0.331. The van der Waals surface area contributed by atoms with Gasteiger partial charge in [-0.15, -0.1) is 0 Å². The molecule has 0 saturated carbocycles. The molecule has 0 unspecified atom stereocenters. The second-order valence-corrected chi connectivity index (χ2v) is 6.49. The van der Waals surface area contributed by atoms with Crippen molar-refractivity contribution in [2.24, 2.45) is 0 Å². The maximum atomic E-state index is 10.4. The Morgan fingerprint density at radius 2 is 1.00 bits per heavy atom. The summed E-state index contributed by atoms with van der Waals surface area (Å²) in [7, 11) is 0. The summed E-state index contributed by atoms with van der Waals surface area (Å²) in [6.07, 6.45) is -4.47. The minimum atomic E-state index is -0.899. The Bertz CT molecular complexity index is 632. The quantitative estimate of drug-likeness (QED) is 0.873. The van der Waals surface area contributed by atoms with Crippen molar-refractivity contribution in [2.75, 3.05) is 13.2 Å². The van der Waals surface area contributed by atoms with Crippen LogP contribution in [0.2, 0.25) is 0 Å². The number of ether oxygens (including phenoxy) is 4. The smallest absolute Gasteiger partial charge is 0.184 e. The van der Waals surface area contributed by atoms with E-state index in [4.69, 9.17) is 18.9 Å². The van der Waals surface area contributed by atoms with E-state index in [0.29, 0.717) is 0 Å². The van der Waals surface area contributed by atoms with Crippen LogP contribution in [0.5, 0.6) is 0 Å². The van der Waals surface area contributed by atoms with Crippen LogP contribution in [-0.2, 0) is 18.9 Å². The first-order valence-corrected chi connectivity index (χ1v) is 8.72. The SMILES string of the molecule is O[C@@H]1CO[C@H](c2ccccc2)O[C@@H]1[C@@H]1O[C@@H](c2ccccc2)OC[C@H]1O. The molecule has 0 aromatic heterocycles. The van der Waals surface area contributed by atoms with Crippen LogP contribution in [0.25, 0.3) is 0 Å². The number of hydrogen-bond donors (Lipinski definition) is 2. The van der Waals surface area contributed by atoms with E-state index in [1.807, 2.05) is 60.7 Å². The zero-order valence-corrected chi connectivity index (χ0v) is 14.2. The Hall–Kier alpha value is -1.80. The van der Waals surface area contributed by atoms with Crippen LogP contribution in [-0.4, -0.2) is 47.8 Å². The molecule has 2 aliphatic rings. The summed E-state index contributed by atoms with van der Waals surface area (Å²) in [4.78, 5) is 0. The Morgan fingerprint density at radius 3 is 1.38 bits per heavy atom. The van der Waals surface area contributed by atoms with Crippen LogP contribution < -0.4 is 0 Å². The van der Waals surface area contributed by atoms with Gasteiger partial charge in [0.25, 0.3) is 0 Å². The molecule has 0 radical (unpaired) electrons. The van der Waals surface area contributed by atoms with Gasteiger partial charge >= 0.3 is 0 Å². The number of benzene rings is 2. The first-order valence-electron chi connectivity index (χ1n) is 8.72. The van der Waals surface area contributed by atoms with Gasteiger partial charge in [0.15, 0.2) is 12.6 Å². The molecule has 4 rings (SSSR count). The summed E-state index contributed by atoms with van der Waals surface area (Å²) in [6.45, 7) is 0.210. The van der Waals surface area contributed by atoms with Gasteiger partial charge in [-0.2, -0.15) is 0 Å². The molecule has 0 bridgehead atoms. The summed E-state index contributed by atoms with van der Waals surface area (Å²) < 4.78 is 23.1. The van der Waals surface area contributed by atoms with Gasteiger partial charge in [-0.1, -0.05) is 60.7 Å². The molecule has 2 N–H and O–H groups in total. The summed E-state index contributed by atoms with van der Waals surface area (Å²) in [6, 6.07) is 19.0. The van der Waals surface area contributed by atoms with Gasteiger partial charge in [-0.05, 0) is 0 Å². The van der Waals surface area contributed by atoms with Crippen LogP contribution >= 0.6 is 0 Å². The third-order valence-electron chi connectivity index (χ3n) is 4.62. The lowest BCUT2D eigenvalue weighted by Crippen LogP contribution is -2.55. The average Bonchev–Trinajstić information content (AvgIpc) is 2.70. The summed E-state index contributed by atoms with van der Waals surface area (Å²) in [5.74, 6) is 0. The van der Waals surface area contributed by atoms with Gasteiger partial charge < -0.3 is 29.2 Å². The zero-order chi connectivity index (χ0) is 17.9. The average molecular weight is 358 g/mol. The van der Waals surface area contributed by atoms with E-state index in [1.54, 1.807) is 0 Å². The molecule has 2 aliphatic heterocycles. The topological polar surface area (TPSA) is 77.4 Å². The molecule has 6 atom stereocenters. The van der Waals surface area contributed by atoms with Crippen molar-refractivity contribution in [1.29, 1.82) is 0 Å². The molecule has 0 aliphatic carbocycles. The molecule has 2 fully saturated rings. The van der Waals surface area contributed by atoms with Crippen molar-refractivity contribution < 1.29 is 29.2 Å². The van der Waals surface area contributed by atoms with Crippen LogP contribution in [0.1, 0.15) is 23.7 Å². The largest absolute Gasteiger partial charge is 0.388 e. The second kappa shape index (κ2) is 7.84. The number of aliphatic hydroxyl groups is 2. The maximum absolute atomic E-state index is 10.4. The van der Waals surface area contributed by atoms with Crippen molar-refractivity contribution in [3.8, 4) is 0 Å². The number of hydrogen-bond acceptors (Lipinski definition) is 6. The predicted molar refractivity (Wildman–Crippen MR) is 92.0 cm³/mol. The number of rotatable bonds is 3. The standard InChI is InChI=1S/C20H22O6/c21-15-11-23-19(13-7-3-1-4-8-13)25-17(15)18-16(22)12-24-20(26-18)14-9-5-2-6-10-14/h1-10,15-22H,11-12H2/t15-,16-,17-,18+,19+,20+/m1/s1. The van der Waals surface area contributed by atoms with Crippen molar-refractivity contribution in [2.45, 2.75) is 37.0 Å². The Kier molecular flexibility index (Phi) is 5.31. The van der Waals surface area contributed by atoms with Gasteiger partial charge in [0.05, 0.1) is 13.2 Å². The third kappa shape index (κ3) is 3.66. The number of aliphatic hydroxyl groups excluding tert-OH is 2. The lowest BCUT2D eigenvalue weighted by Gasteiger charge is -2.43. The first-order chi connectivity index (χ1) is 12.7. The maximum Gasteiger partial charge on any atom is 0.184 e. The van der Waals surface area contributed by atoms with Crippen molar-refractivity contribution in [3.05, 3.63) is 71.8 Å². The minimum Gasteiger partial charge on any atom is -0.388 e. The van der Waals surface area contributed by atoms with E-state index in [9.17, 15) is 10.2 Å². The van der Waals surface area contributed by atoms with E-state index < -0.39 is 37.0 Å². The molecule has 6 nitrogen and oxygen atoms in total. The molecular formula is C20H22O6. The molecule has 138 valence electrons. The molecule has 0 amide bonds. The van der Waals surface area contributed by atoms with Gasteiger partial charge in [0, 0.05) is 11.1 Å². The summed E-state index contributed by atoms with van der Waals surface area (Å²) in [5, 5.41) is 20.8. The van der Waals surface area contributed by atoms with Crippen molar-refractivity contribution in [1.82, 2.24) is 0 Å². The highest BCUT2D eigenvalue weighted by Gasteiger charge is 2.44. The van der Waals surface area contributed by atoms with E-state index >= 15 is 0 Å². The summed E-state index contributed by atoms with van der Waals surface area (Å²) in [5.41, 5.74) is 1.70. The van der Waals surface area contributed by atoms with Gasteiger partial charge in [0.1, 0.15) is 24.4 Å². The predicted octanol–water partition coefficient (Wildman–Crippen LogP) is 1.94. The van der Waals surface area contributed by atoms with Crippen LogP contribution in [0.15, 0.2) is 60.7 Å². The normalized spacial score (nSPS) is 35.2.